The Balaban J connectivity index is 1.29. The molecule has 49 heavy (non-hydrogen) atoms. The number of piperidine rings is 1. The second-order valence-electron chi connectivity index (χ2n) is 14.7. The van der Waals surface area contributed by atoms with Crippen molar-refractivity contribution in [3.8, 4) is 35.2 Å². The van der Waals surface area contributed by atoms with Crippen molar-refractivity contribution in [1.29, 1.82) is 0 Å². The number of nitrogens with zero attached hydrogens (tertiary/aromatic N) is 4. The van der Waals surface area contributed by atoms with Crippen LogP contribution in [0.4, 0.5) is 14.6 Å². The zero-order valence-electron chi connectivity index (χ0n) is 27.8. The number of halogens is 2. The Morgan fingerprint density at radius 2 is 1.88 bits per heavy atom. The number of fused-ring (bicyclic) bond motifs is 7. The van der Waals surface area contributed by atoms with Crippen molar-refractivity contribution >= 4 is 38.5 Å². The number of ether oxygens (including phenoxy) is 1. The van der Waals surface area contributed by atoms with Crippen LogP contribution in [0.1, 0.15) is 56.3 Å². The van der Waals surface area contributed by atoms with Gasteiger partial charge in [0.1, 0.15) is 34.2 Å². The number of aryl methyl sites for hydroxylation is 1. The van der Waals surface area contributed by atoms with Crippen LogP contribution in [0, 0.1) is 36.3 Å². The van der Waals surface area contributed by atoms with E-state index in [4.69, 9.17) is 25.5 Å². The summed E-state index contributed by atoms with van der Waals surface area (Å²) in [6.07, 6.45) is 13.5. The number of piperazine rings is 1. The van der Waals surface area contributed by atoms with Crippen LogP contribution in [0.3, 0.4) is 0 Å². The van der Waals surface area contributed by atoms with E-state index >= 15 is 8.78 Å². The fraction of sp³-hybridized carbons (Fsp3) is 0.436. The van der Waals surface area contributed by atoms with Crippen molar-refractivity contribution in [3.63, 3.8) is 0 Å². The highest BCUT2D eigenvalue weighted by Gasteiger charge is 2.47. The smallest absolute Gasteiger partial charge is 0.319 e. The number of nitrogens with one attached hydrogen (secondary N) is 1. The van der Waals surface area contributed by atoms with E-state index in [0.717, 1.165) is 64.6 Å². The lowest BCUT2D eigenvalue weighted by Gasteiger charge is -2.44. The Hall–Kier alpha value is -4.46. The first-order valence-electron chi connectivity index (χ1n) is 17.4. The zero-order valence-corrected chi connectivity index (χ0v) is 27.8. The fourth-order valence-electron chi connectivity index (χ4n) is 9.59. The van der Waals surface area contributed by atoms with Gasteiger partial charge in [0.25, 0.3) is 0 Å². The molecule has 252 valence electrons. The number of aromatic nitrogens is 2. The average molecular weight is 664 g/mol. The van der Waals surface area contributed by atoms with Crippen molar-refractivity contribution in [2.24, 2.45) is 5.41 Å². The normalized spacial score (nSPS) is 25.4. The van der Waals surface area contributed by atoms with E-state index in [1.165, 1.54) is 24.3 Å². The maximum absolute atomic E-state index is 17.6. The fourth-order valence-corrected chi connectivity index (χ4v) is 9.59. The minimum atomic E-state index is -0.670. The minimum Gasteiger partial charge on any atom is -0.508 e. The van der Waals surface area contributed by atoms with E-state index in [1.807, 2.05) is 13.0 Å². The largest absolute Gasteiger partial charge is 0.508 e. The van der Waals surface area contributed by atoms with E-state index < -0.39 is 11.6 Å². The highest BCUT2D eigenvalue weighted by molar-refractivity contribution is 6.18. The first-order chi connectivity index (χ1) is 23.7. The summed E-state index contributed by atoms with van der Waals surface area (Å²) >= 11 is 0. The van der Waals surface area contributed by atoms with Crippen molar-refractivity contribution in [2.75, 3.05) is 38.2 Å². The van der Waals surface area contributed by atoms with Crippen LogP contribution >= 0.6 is 0 Å². The van der Waals surface area contributed by atoms with Gasteiger partial charge >= 0.3 is 6.01 Å². The Labute approximate surface area is 283 Å². The Kier molecular flexibility index (Phi) is 7.05. The van der Waals surface area contributed by atoms with E-state index in [2.05, 4.69) is 28.1 Å². The van der Waals surface area contributed by atoms with Crippen LogP contribution in [0.5, 0.6) is 11.8 Å². The van der Waals surface area contributed by atoms with Crippen LogP contribution in [-0.4, -0.2) is 71.4 Å². The van der Waals surface area contributed by atoms with Gasteiger partial charge in [-0.25, -0.2) is 8.78 Å². The molecule has 10 heteroatoms. The molecule has 1 saturated carbocycles. The summed E-state index contributed by atoms with van der Waals surface area (Å²) in [6, 6.07) is 8.76. The van der Waals surface area contributed by atoms with Gasteiger partial charge in [-0.1, -0.05) is 18.4 Å². The van der Waals surface area contributed by atoms with Gasteiger partial charge in [-0.2, -0.15) is 9.97 Å². The highest BCUT2D eigenvalue weighted by Crippen LogP contribution is 2.49. The van der Waals surface area contributed by atoms with Gasteiger partial charge in [0.05, 0.1) is 23.1 Å². The van der Waals surface area contributed by atoms with Gasteiger partial charge in [-0.15, -0.1) is 6.42 Å². The number of likely N-dealkylation sites (tertiary alicyclic amines) is 1. The Morgan fingerprint density at radius 1 is 1.08 bits per heavy atom. The van der Waals surface area contributed by atoms with Crippen molar-refractivity contribution in [3.05, 3.63) is 53.3 Å². The molecule has 1 aliphatic carbocycles. The molecule has 3 aliphatic heterocycles. The number of furan rings is 1. The second kappa shape index (κ2) is 11.3. The van der Waals surface area contributed by atoms with Crippen molar-refractivity contribution in [2.45, 2.75) is 70.0 Å². The lowest BCUT2D eigenvalue weighted by Crippen LogP contribution is -2.51. The van der Waals surface area contributed by atoms with Crippen LogP contribution < -0.4 is 15.0 Å². The Morgan fingerprint density at radius 3 is 2.67 bits per heavy atom. The maximum atomic E-state index is 17.6. The predicted molar refractivity (Wildman–Crippen MR) is 186 cm³/mol. The summed E-state index contributed by atoms with van der Waals surface area (Å²) in [4.78, 5) is 14.6. The van der Waals surface area contributed by atoms with Gasteiger partial charge in [-0.3, -0.25) is 0 Å². The zero-order chi connectivity index (χ0) is 33.6. The topological polar surface area (TPSA) is 86.9 Å². The second-order valence-corrected chi connectivity index (χ2v) is 14.7. The molecule has 5 heterocycles. The Bertz CT molecular complexity index is 2200. The molecule has 4 fully saturated rings. The first kappa shape index (κ1) is 30.6. The first-order valence-corrected chi connectivity index (χ1v) is 17.4. The molecule has 3 aromatic carbocycles. The molecule has 0 amide bonds. The number of phenols is 1. The number of hydrogen-bond donors (Lipinski definition) is 2. The lowest BCUT2D eigenvalue weighted by atomic mass is 9.76. The summed E-state index contributed by atoms with van der Waals surface area (Å²) in [5.74, 6) is 2.24. The van der Waals surface area contributed by atoms with E-state index in [1.54, 1.807) is 0 Å². The molecule has 3 saturated heterocycles. The van der Waals surface area contributed by atoms with E-state index in [0.29, 0.717) is 57.9 Å². The van der Waals surface area contributed by atoms with Crippen molar-refractivity contribution in [1.82, 2.24) is 20.2 Å². The lowest BCUT2D eigenvalue weighted by molar-refractivity contribution is 0.0133. The summed E-state index contributed by atoms with van der Waals surface area (Å²) in [7, 11) is 2.20. The van der Waals surface area contributed by atoms with E-state index in [9.17, 15) is 5.11 Å². The third kappa shape index (κ3) is 4.77. The monoisotopic (exact) mass is 663 g/mol. The predicted octanol–water partition coefficient (Wildman–Crippen LogP) is 7.05. The number of anilines is 1. The molecule has 0 spiro atoms. The van der Waals surface area contributed by atoms with Crippen LogP contribution in [0.15, 0.2) is 34.7 Å². The number of aromatic hydroxyl groups is 1. The van der Waals surface area contributed by atoms with Crippen LogP contribution in [-0.2, 0) is 0 Å². The quantitative estimate of drug-likeness (QED) is 0.194. The summed E-state index contributed by atoms with van der Waals surface area (Å²) in [5, 5.41) is 16.5. The minimum absolute atomic E-state index is 0.00510. The number of phenolic OH excluding ortho intramolecular Hbond substituents is 1. The molecule has 4 atom stereocenters. The summed E-state index contributed by atoms with van der Waals surface area (Å²) < 4.78 is 45.5. The van der Waals surface area contributed by atoms with E-state index in [-0.39, 0.29) is 45.0 Å². The molecule has 2 bridgehead atoms. The summed E-state index contributed by atoms with van der Waals surface area (Å²) in [5.41, 5.74) is 0.613. The summed E-state index contributed by atoms with van der Waals surface area (Å²) in [6.45, 7) is 4.80. The highest BCUT2D eigenvalue weighted by atomic mass is 19.1. The van der Waals surface area contributed by atoms with Gasteiger partial charge in [-0.05, 0) is 88.7 Å². The average Bonchev–Trinajstić information content (AvgIpc) is 3.80. The molecule has 9 rings (SSSR count). The molecule has 4 aliphatic rings. The van der Waals surface area contributed by atoms with Gasteiger partial charge < -0.3 is 29.4 Å². The third-order valence-electron chi connectivity index (χ3n) is 11.7. The molecule has 0 radical (unpaired) electrons. The van der Waals surface area contributed by atoms with Crippen LogP contribution in [0.25, 0.3) is 43.8 Å². The molecule has 2 aromatic heterocycles. The standard InChI is InChI=1S/C39H39F2N5O3/c1-4-26-29(40)11-8-22-16-25(47)17-27(31(22)26)32-34(41)35-33(28-15-21(2)49-36(28)32)37(46-18-23-9-10-24(19-46)42-23)44-38(43-35)48-20-39-12-5-7-30(39)45(3)14-6-13-39/h1,8,11,15-17,23-24,30,42,47H,5-7,9-10,12-14,18-20H2,2-3H3/t23-,24+,30-,39-/m0/s1. The van der Waals surface area contributed by atoms with Gasteiger partial charge in [0.15, 0.2) is 5.82 Å². The van der Waals surface area contributed by atoms with Gasteiger partial charge in [0.2, 0.25) is 0 Å². The number of benzene rings is 3. The molecule has 2 N–H and O–H groups in total. The SMILES string of the molecule is C#Cc1c(F)ccc2cc(O)cc(-c3c(F)c4nc(OC[C@@]56CCC[C@@H]5N(C)CCC6)nc(N5C[C@H]6CC[C@@H](C5)N6)c4c4cc(C)oc34)c12. The van der Waals surface area contributed by atoms with Crippen molar-refractivity contribution < 1.29 is 23.0 Å². The number of terminal acetylenes is 1. The number of hydrogen-bond acceptors (Lipinski definition) is 8. The maximum Gasteiger partial charge on any atom is 0.319 e. The molecular formula is C39H39F2N5O3. The third-order valence-corrected chi connectivity index (χ3v) is 11.7. The molecular weight excluding hydrogens is 624 g/mol. The van der Waals surface area contributed by atoms with Gasteiger partial charge in [0, 0.05) is 53.0 Å². The number of rotatable bonds is 5. The molecule has 5 aromatic rings. The molecule has 8 nitrogen and oxygen atoms in total. The van der Waals surface area contributed by atoms with Crippen LogP contribution in [0.2, 0.25) is 0 Å². The molecule has 0 unspecified atom stereocenters.